The summed E-state index contributed by atoms with van der Waals surface area (Å²) in [6.07, 6.45) is 8.58. The Kier molecular flexibility index (Phi) is 4.14. The number of allylic oxidation sites excluding steroid dienone is 2. The van der Waals surface area contributed by atoms with E-state index in [4.69, 9.17) is 0 Å². The van der Waals surface area contributed by atoms with Crippen molar-refractivity contribution < 1.29 is 4.79 Å². The number of hydrogen-bond donors (Lipinski definition) is 1. The molecule has 0 radical (unpaired) electrons. The normalized spacial score (nSPS) is 23.5. The van der Waals surface area contributed by atoms with Gasteiger partial charge in [-0.15, -0.1) is 0 Å². The van der Waals surface area contributed by atoms with Gasteiger partial charge in [0.25, 0.3) is 0 Å². The van der Waals surface area contributed by atoms with Crippen molar-refractivity contribution in [3.8, 4) is 0 Å². The highest BCUT2D eigenvalue weighted by molar-refractivity contribution is 6.00. The fourth-order valence-electron chi connectivity index (χ4n) is 5.44. The molecule has 1 fully saturated rings. The molecule has 1 aromatic carbocycles. The first-order chi connectivity index (χ1) is 13.6. The Morgan fingerprint density at radius 1 is 1.11 bits per heavy atom. The van der Waals surface area contributed by atoms with Crippen LogP contribution in [-0.2, 0) is 10.3 Å². The number of Topliss-reactive ketones (excluding diaryl/α,β-unsaturated/α-hetero) is 1. The monoisotopic (exact) mass is 376 g/mol. The van der Waals surface area contributed by atoms with Crippen LogP contribution in [0.25, 0.3) is 0 Å². The number of ketones is 1. The Morgan fingerprint density at radius 2 is 1.86 bits per heavy atom. The molecule has 5 heteroatoms. The molecule has 1 saturated carbocycles. The number of aromatic nitrogens is 3. The highest BCUT2D eigenvalue weighted by atomic mass is 16.1. The first kappa shape index (κ1) is 17.7. The van der Waals surface area contributed by atoms with Crippen molar-refractivity contribution in [2.75, 3.05) is 5.32 Å². The van der Waals surface area contributed by atoms with Crippen LogP contribution in [0.5, 0.6) is 0 Å². The van der Waals surface area contributed by atoms with Crippen LogP contribution in [0.2, 0.25) is 0 Å². The van der Waals surface area contributed by atoms with Gasteiger partial charge < -0.3 is 5.32 Å². The van der Waals surface area contributed by atoms with E-state index in [2.05, 4.69) is 53.5 Å². The number of nitrogens with one attached hydrogen (secondary N) is 1. The van der Waals surface area contributed by atoms with Gasteiger partial charge in [0.05, 0.1) is 5.54 Å². The van der Waals surface area contributed by atoms with Gasteiger partial charge in [-0.2, -0.15) is 10.1 Å². The number of carbonyl (C=O) groups excluding carboxylic acids is 1. The maximum absolute atomic E-state index is 13.4. The standard InChI is InChI=1S/C23H28N4O/c1-15(2)16-6-8-17(9-7-16)18-12-19-21(20(28)13-18)23(10-4-3-5-11-23)27-22(26-19)24-14-25-27/h6-9,14-15,18H,3-5,10-13H2,1-2H3,(H,24,25,26). The molecular formula is C23H28N4O. The molecule has 0 saturated heterocycles. The van der Waals surface area contributed by atoms with Crippen molar-refractivity contribution in [1.29, 1.82) is 0 Å². The van der Waals surface area contributed by atoms with Crippen LogP contribution in [0.15, 0.2) is 41.9 Å². The molecule has 1 N–H and O–H groups in total. The lowest BCUT2D eigenvalue weighted by molar-refractivity contribution is -0.117. The minimum atomic E-state index is -0.284. The first-order valence-electron chi connectivity index (χ1n) is 10.6. The summed E-state index contributed by atoms with van der Waals surface area (Å²) in [7, 11) is 0. The number of rotatable bonds is 2. The third-order valence-corrected chi connectivity index (χ3v) is 6.90. The molecule has 1 aromatic heterocycles. The Balaban J connectivity index is 1.52. The van der Waals surface area contributed by atoms with Crippen LogP contribution < -0.4 is 5.32 Å². The second-order valence-corrected chi connectivity index (χ2v) is 8.92. The zero-order valence-corrected chi connectivity index (χ0v) is 16.7. The van der Waals surface area contributed by atoms with Crippen LogP contribution >= 0.6 is 0 Å². The second kappa shape index (κ2) is 6.57. The lowest BCUT2D eigenvalue weighted by Crippen LogP contribution is -2.47. The highest BCUT2D eigenvalue weighted by Gasteiger charge is 2.49. The minimum absolute atomic E-state index is 0.232. The average Bonchev–Trinajstić information content (AvgIpc) is 3.18. The zero-order chi connectivity index (χ0) is 19.3. The fraction of sp³-hybridized carbons (Fsp3) is 0.522. The summed E-state index contributed by atoms with van der Waals surface area (Å²) < 4.78 is 2.00. The van der Waals surface area contributed by atoms with Crippen molar-refractivity contribution >= 4 is 11.7 Å². The van der Waals surface area contributed by atoms with Gasteiger partial charge in [0.1, 0.15) is 6.33 Å². The molecule has 1 atom stereocenters. The average molecular weight is 377 g/mol. The summed E-state index contributed by atoms with van der Waals surface area (Å²) in [5.74, 6) is 1.84. The van der Waals surface area contributed by atoms with Crippen LogP contribution in [0, 0.1) is 0 Å². The molecule has 5 nitrogen and oxygen atoms in total. The Bertz CT molecular complexity index is 932. The van der Waals surface area contributed by atoms with Gasteiger partial charge in [-0.25, -0.2) is 4.68 Å². The highest BCUT2D eigenvalue weighted by Crippen LogP contribution is 2.50. The molecule has 3 aliphatic rings. The predicted molar refractivity (Wildman–Crippen MR) is 109 cm³/mol. The van der Waals surface area contributed by atoms with E-state index in [1.165, 1.54) is 17.5 Å². The Morgan fingerprint density at radius 3 is 2.57 bits per heavy atom. The van der Waals surface area contributed by atoms with Crippen molar-refractivity contribution in [3.63, 3.8) is 0 Å². The molecule has 0 bridgehead atoms. The van der Waals surface area contributed by atoms with Crippen molar-refractivity contribution in [2.45, 2.75) is 76.2 Å². The SMILES string of the molecule is CC(C)c1ccc(C2CC(=O)C3=C(C2)Nc2ncnn2C32CCCCC2)cc1. The zero-order valence-electron chi connectivity index (χ0n) is 16.7. The molecule has 1 aliphatic heterocycles. The molecule has 0 amide bonds. The van der Waals surface area contributed by atoms with E-state index in [0.29, 0.717) is 12.3 Å². The van der Waals surface area contributed by atoms with Gasteiger partial charge in [0, 0.05) is 17.7 Å². The predicted octanol–water partition coefficient (Wildman–Crippen LogP) is 4.89. The molecule has 5 rings (SSSR count). The number of hydrogen-bond acceptors (Lipinski definition) is 4. The van der Waals surface area contributed by atoms with Gasteiger partial charge in [-0.3, -0.25) is 4.79 Å². The summed E-state index contributed by atoms with van der Waals surface area (Å²) in [5.41, 5.74) is 4.39. The lowest BCUT2D eigenvalue weighted by Gasteiger charge is -2.45. The van der Waals surface area contributed by atoms with Gasteiger partial charge in [-0.1, -0.05) is 57.4 Å². The lowest BCUT2D eigenvalue weighted by atomic mass is 9.68. The van der Waals surface area contributed by atoms with Gasteiger partial charge in [-0.05, 0) is 42.2 Å². The topological polar surface area (TPSA) is 59.8 Å². The van der Waals surface area contributed by atoms with Crippen LogP contribution in [0.3, 0.4) is 0 Å². The smallest absolute Gasteiger partial charge is 0.226 e. The molecule has 1 spiro atoms. The van der Waals surface area contributed by atoms with E-state index in [1.807, 2.05) is 4.68 Å². The quantitative estimate of drug-likeness (QED) is 0.811. The number of benzene rings is 1. The molecule has 1 unspecified atom stereocenters. The summed E-state index contributed by atoms with van der Waals surface area (Å²) in [6, 6.07) is 8.84. The largest absolute Gasteiger partial charge is 0.328 e. The Hall–Kier alpha value is -2.43. The third-order valence-electron chi connectivity index (χ3n) is 6.90. The number of anilines is 1. The Labute approximate surface area is 166 Å². The maximum atomic E-state index is 13.4. The van der Waals surface area contributed by atoms with E-state index < -0.39 is 0 Å². The second-order valence-electron chi connectivity index (χ2n) is 8.92. The van der Waals surface area contributed by atoms with Crippen LogP contribution in [-0.4, -0.2) is 20.5 Å². The molecule has 2 heterocycles. The van der Waals surface area contributed by atoms with Crippen molar-refractivity contribution in [2.24, 2.45) is 0 Å². The van der Waals surface area contributed by atoms with E-state index in [-0.39, 0.29) is 17.2 Å². The molecular weight excluding hydrogens is 348 g/mol. The summed E-state index contributed by atoms with van der Waals surface area (Å²) in [6.45, 7) is 4.42. The van der Waals surface area contributed by atoms with Crippen molar-refractivity contribution in [1.82, 2.24) is 14.8 Å². The summed E-state index contributed by atoms with van der Waals surface area (Å²) in [5, 5.41) is 7.98. The van der Waals surface area contributed by atoms with E-state index in [1.54, 1.807) is 6.33 Å². The van der Waals surface area contributed by atoms with Crippen molar-refractivity contribution in [3.05, 3.63) is 53.0 Å². The van der Waals surface area contributed by atoms with E-state index in [0.717, 1.165) is 49.3 Å². The third kappa shape index (κ3) is 2.63. The molecule has 28 heavy (non-hydrogen) atoms. The van der Waals surface area contributed by atoms with Crippen LogP contribution in [0.1, 0.15) is 81.8 Å². The number of carbonyl (C=O) groups is 1. The summed E-state index contributed by atoms with van der Waals surface area (Å²) in [4.78, 5) is 17.9. The van der Waals surface area contributed by atoms with E-state index >= 15 is 0 Å². The molecule has 146 valence electrons. The number of fused-ring (bicyclic) bond motifs is 3. The molecule has 2 aliphatic carbocycles. The first-order valence-corrected chi connectivity index (χ1v) is 10.6. The van der Waals surface area contributed by atoms with Gasteiger partial charge >= 0.3 is 0 Å². The molecule has 2 aromatic rings. The minimum Gasteiger partial charge on any atom is -0.328 e. The van der Waals surface area contributed by atoms with Crippen LogP contribution in [0.4, 0.5) is 5.95 Å². The fourth-order valence-corrected chi connectivity index (χ4v) is 5.44. The number of nitrogens with zero attached hydrogens (tertiary/aromatic N) is 3. The van der Waals surface area contributed by atoms with Gasteiger partial charge in [0.15, 0.2) is 5.78 Å². The van der Waals surface area contributed by atoms with Gasteiger partial charge in [0.2, 0.25) is 5.95 Å². The maximum Gasteiger partial charge on any atom is 0.226 e. The summed E-state index contributed by atoms with van der Waals surface area (Å²) >= 11 is 0. The van der Waals surface area contributed by atoms with E-state index in [9.17, 15) is 4.79 Å².